The monoisotopic (exact) mass is 187 g/mol. The number of hydrogen-bond donors (Lipinski definition) is 0. The van der Waals surface area contributed by atoms with E-state index in [4.69, 9.17) is 4.74 Å². The zero-order chi connectivity index (χ0) is 10.3. The summed E-state index contributed by atoms with van der Waals surface area (Å²) in [5, 5.41) is 0. The second kappa shape index (κ2) is 5.70. The highest BCUT2D eigenvalue weighted by Crippen LogP contribution is 2.09. The van der Waals surface area contributed by atoms with Crippen LogP contribution in [0, 0.1) is 0 Å². The van der Waals surface area contributed by atoms with Crippen molar-refractivity contribution in [1.29, 1.82) is 0 Å². The lowest BCUT2D eigenvalue weighted by Crippen LogP contribution is -2.40. The Morgan fingerprint density at radius 1 is 1.38 bits per heavy atom. The van der Waals surface area contributed by atoms with Crippen LogP contribution in [0.4, 0.5) is 0 Å². The molecule has 0 aliphatic heterocycles. The summed E-state index contributed by atoms with van der Waals surface area (Å²) in [6.45, 7) is 6.83. The first kappa shape index (κ1) is 12.1. The van der Waals surface area contributed by atoms with Crippen molar-refractivity contribution in [2.75, 3.05) is 19.7 Å². The van der Waals surface area contributed by atoms with Gasteiger partial charge in [-0.05, 0) is 20.8 Å². The summed E-state index contributed by atoms with van der Waals surface area (Å²) >= 11 is 0. The SMILES string of the molecule is CCOC(C)(C)CN(C=O)CC=O. The molecule has 0 aromatic carbocycles. The Morgan fingerprint density at radius 3 is 2.38 bits per heavy atom. The second-order valence-corrected chi connectivity index (χ2v) is 3.39. The molecular formula is C9H17NO3. The van der Waals surface area contributed by atoms with E-state index in [1.807, 2.05) is 20.8 Å². The molecule has 0 aliphatic carbocycles. The van der Waals surface area contributed by atoms with Crippen LogP contribution in [-0.4, -0.2) is 42.9 Å². The normalized spacial score (nSPS) is 11.0. The molecule has 0 aliphatic rings. The topological polar surface area (TPSA) is 46.6 Å². The van der Waals surface area contributed by atoms with E-state index in [1.54, 1.807) is 0 Å². The average Bonchev–Trinajstić information content (AvgIpc) is 2.03. The van der Waals surface area contributed by atoms with Gasteiger partial charge in [0.15, 0.2) is 0 Å². The van der Waals surface area contributed by atoms with E-state index < -0.39 is 5.60 Å². The van der Waals surface area contributed by atoms with Gasteiger partial charge in [0.05, 0.1) is 12.1 Å². The van der Waals surface area contributed by atoms with Crippen LogP contribution in [0.3, 0.4) is 0 Å². The molecule has 0 atom stereocenters. The Bertz CT molecular complexity index is 168. The van der Waals surface area contributed by atoms with Crippen molar-refractivity contribution >= 4 is 12.7 Å². The fraction of sp³-hybridized carbons (Fsp3) is 0.778. The predicted octanol–water partition coefficient (Wildman–Crippen LogP) is 0.459. The third kappa shape index (κ3) is 5.36. The Labute approximate surface area is 78.9 Å². The maximum absolute atomic E-state index is 10.5. The van der Waals surface area contributed by atoms with E-state index in [-0.39, 0.29) is 6.54 Å². The lowest BCUT2D eigenvalue weighted by Gasteiger charge is -2.29. The van der Waals surface area contributed by atoms with Gasteiger partial charge in [0, 0.05) is 13.2 Å². The highest BCUT2D eigenvalue weighted by molar-refractivity contribution is 5.59. The molecule has 4 heteroatoms. The van der Waals surface area contributed by atoms with E-state index in [0.29, 0.717) is 25.8 Å². The third-order valence-corrected chi connectivity index (χ3v) is 1.58. The summed E-state index contributed by atoms with van der Waals surface area (Å²) in [5.41, 5.74) is -0.390. The van der Waals surface area contributed by atoms with Crippen molar-refractivity contribution in [1.82, 2.24) is 4.90 Å². The van der Waals surface area contributed by atoms with Gasteiger partial charge in [-0.2, -0.15) is 0 Å². The minimum absolute atomic E-state index is 0.125. The minimum atomic E-state index is -0.390. The summed E-state index contributed by atoms with van der Waals surface area (Å²) < 4.78 is 5.39. The number of aldehydes is 1. The maximum atomic E-state index is 10.5. The number of rotatable bonds is 7. The van der Waals surface area contributed by atoms with Crippen molar-refractivity contribution in [2.24, 2.45) is 0 Å². The van der Waals surface area contributed by atoms with Crippen molar-refractivity contribution in [2.45, 2.75) is 26.4 Å². The van der Waals surface area contributed by atoms with Gasteiger partial charge in [0.25, 0.3) is 0 Å². The number of carbonyl (C=O) groups excluding carboxylic acids is 2. The molecule has 1 amide bonds. The van der Waals surface area contributed by atoms with Gasteiger partial charge in [-0.1, -0.05) is 0 Å². The first-order valence-corrected chi connectivity index (χ1v) is 4.32. The van der Waals surface area contributed by atoms with Crippen molar-refractivity contribution in [3.63, 3.8) is 0 Å². The highest BCUT2D eigenvalue weighted by Gasteiger charge is 2.20. The summed E-state index contributed by atoms with van der Waals surface area (Å²) in [7, 11) is 0. The second-order valence-electron chi connectivity index (χ2n) is 3.39. The molecule has 0 aromatic heterocycles. The molecule has 13 heavy (non-hydrogen) atoms. The van der Waals surface area contributed by atoms with Crippen LogP contribution < -0.4 is 0 Å². The molecule has 0 radical (unpaired) electrons. The fourth-order valence-electron chi connectivity index (χ4n) is 1.17. The molecule has 0 unspecified atom stereocenters. The van der Waals surface area contributed by atoms with Gasteiger partial charge >= 0.3 is 0 Å². The molecule has 0 heterocycles. The fourth-order valence-corrected chi connectivity index (χ4v) is 1.17. The summed E-state index contributed by atoms with van der Waals surface area (Å²) in [6.07, 6.45) is 1.37. The van der Waals surface area contributed by atoms with Crippen LogP contribution >= 0.6 is 0 Å². The standard InChI is InChI=1S/C9H17NO3/c1-4-13-9(2,3)7-10(8-12)5-6-11/h6,8H,4-5,7H2,1-3H3. The average molecular weight is 187 g/mol. The largest absolute Gasteiger partial charge is 0.374 e. The zero-order valence-corrected chi connectivity index (χ0v) is 8.45. The van der Waals surface area contributed by atoms with E-state index in [1.165, 1.54) is 4.90 Å². The van der Waals surface area contributed by atoms with Gasteiger partial charge in [-0.25, -0.2) is 0 Å². The summed E-state index contributed by atoms with van der Waals surface area (Å²) in [6, 6.07) is 0. The first-order valence-electron chi connectivity index (χ1n) is 4.32. The molecule has 0 rings (SSSR count). The number of ether oxygens (including phenoxy) is 1. The Hall–Kier alpha value is -0.900. The summed E-state index contributed by atoms with van der Waals surface area (Å²) in [4.78, 5) is 22.1. The number of carbonyl (C=O) groups is 2. The molecular weight excluding hydrogens is 170 g/mol. The third-order valence-electron chi connectivity index (χ3n) is 1.58. The van der Waals surface area contributed by atoms with Crippen molar-refractivity contribution in [3.8, 4) is 0 Å². The smallest absolute Gasteiger partial charge is 0.210 e. The van der Waals surface area contributed by atoms with E-state index >= 15 is 0 Å². The van der Waals surface area contributed by atoms with Crippen LogP contribution in [-0.2, 0) is 14.3 Å². The molecule has 0 spiro atoms. The van der Waals surface area contributed by atoms with Crippen LogP contribution in [0.1, 0.15) is 20.8 Å². The molecule has 0 aromatic rings. The Morgan fingerprint density at radius 2 is 2.00 bits per heavy atom. The molecule has 0 fully saturated rings. The van der Waals surface area contributed by atoms with Crippen LogP contribution in [0.15, 0.2) is 0 Å². The molecule has 76 valence electrons. The van der Waals surface area contributed by atoms with Crippen LogP contribution in [0.2, 0.25) is 0 Å². The van der Waals surface area contributed by atoms with E-state index in [9.17, 15) is 9.59 Å². The highest BCUT2D eigenvalue weighted by atomic mass is 16.5. The quantitative estimate of drug-likeness (QED) is 0.544. The van der Waals surface area contributed by atoms with Crippen molar-refractivity contribution in [3.05, 3.63) is 0 Å². The molecule has 0 saturated heterocycles. The van der Waals surface area contributed by atoms with Crippen molar-refractivity contribution < 1.29 is 14.3 Å². The molecule has 0 N–H and O–H groups in total. The van der Waals surface area contributed by atoms with Gasteiger partial charge in [0.1, 0.15) is 6.29 Å². The first-order chi connectivity index (χ1) is 6.05. The van der Waals surface area contributed by atoms with Gasteiger partial charge < -0.3 is 14.4 Å². The zero-order valence-electron chi connectivity index (χ0n) is 8.45. The molecule has 0 saturated carbocycles. The van der Waals surface area contributed by atoms with Gasteiger partial charge in [-0.15, -0.1) is 0 Å². The maximum Gasteiger partial charge on any atom is 0.210 e. The Kier molecular flexibility index (Phi) is 5.30. The minimum Gasteiger partial charge on any atom is -0.374 e. The van der Waals surface area contributed by atoms with Crippen LogP contribution in [0.5, 0.6) is 0 Å². The number of hydrogen-bond acceptors (Lipinski definition) is 3. The van der Waals surface area contributed by atoms with Gasteiger partial charge in [0.2, 0.25) is 6.41 Å². The molecule has 0 bridgehead atoms. The van der Waals surface area contributed by atoms with E-state index in [0.717, 1.165) is 0 Å². The predicted molar refractivity (Wildman–Crippen MR) is 49.4 cm³/mol. The van der Waals surface area contributed by atoms with E-state index in [2.05, 4.69) is 0 Å². The lowest BCUT2D eigenvalue weighted by atomic mass is 10.1. The number of nitrogens with zero attached hydrogens (tertiary/aromatic N) is 1. The summed E-state index contributed by atoms with van der Waals surface area (Å²) in [5.74, 6) is 0. The van der Waals surface area contributed by atoms with Crippen LogP contribution in [0.25, 0.3) is 0 Å². The molecule has 4 nitrogen and oxygen atoms in total. The lowest BCUT2D eigenvalue weighted by molar-refractivity contribution is -0.126. The Balaban J connectivity index is 4.03. The van der Waals surface area contributed by atoms with Gasteiger partial charge in [-0.3, -0.25) is 4.79 Å². The number of amides is 1.